The summed E-state index contributed by atoms with van der Waals surface area (Å²) in [6.07, 6.45) is 5.46. The molecule has 0 unspecified atom stereocenters. The maximum Gasteiger partial charge on any atom is 0.140 e. The van der Waals surface area contributed by atoms with Gasteiger partial charge in [-0.2, -0.15) is 0 Å². The predicted molar refractivity (Wildman–Crippen MR) is 150 cm³/mol. The van der Waals surface area contributed by atoms with Crippen LogP contribution in [-0.2, 0) is 26.1 Å². The first-order valence-electron chi connectivity index (χ1n) is 12.8. The van der Waals surface area contributed by atoms with E-state index in [2.05, 4.69) is 114 Å². The summed E-state index contributed by atoms with van der Waals surface area (Å²) in [6, 6.07) is 30.5. The topological polar surface area (TPSA) is 21.1 Å². The average molecular weight is 484 g/mol. The van der Waals surface area contributed by atoms with E-state index in [0.29, 0.717) is 0 Å². The van der Waals surface area contributed by atoms with Gasteiger partial charge in [-0.05, 0) is 41.9 Å². The van der Waals surface area contributed by atoms with Gasteiger partial charge in [0, 0.05) is 36.6 Å². The summed E-state index contributed by atoms with van der Waals surface area (Å²) in [7, 11) is 0. The molecule has 0 saturated carbocycles. The summed E-state index contributed by atoms with van der Waals surface area (Å²) >= 11 is 1.90. The number of hydrogen-bond donors (Lipinski definition) is 0. The zero-order chi connectivity index (χ0) is 24.3. The fraction of sp³-hybridized carbons (Fsp3) is 0.323. The molecule has 0 aliphatic carbocycles. The maximum absolute atomic E-state index is 4.88. The van der Waals surface area contributed by atoms with Crippen molar-refractivity contribution in [1.82, 2.24) is 14.5 Å². The first-order valence-corrected chi connectivity index (χ1v) is 13.8. The van der Waals surface area contributed by atoms with E-state index < -0.39 is 0 Å². The molecule has 35 heavy (non-hydrogen) atoms. The van der Waals surface area contributed by atoms with Crippen LogP contribution in [0.25, 0.3) is 11.4 Å². The molecule has 3 aromatic carbocycles. The Labute approximate surface area is 215 Å². The van der Waals surface area contributed by atoms with Gasteiger partial charge in [0.25, 0.3) is 0 Å². The van der Waals surface area contributed by atoms with E-state index in [1.54, 1.807) is 0 Å². The molecule has 0 N–H and O–H groups in total. The smallest absolute Gasteiger partial charge is 0.140 e. The van der Waals surface area contributed by atoms with Gasteiger partial charge >= 0.3 is 0 Å². The number of unbranched alkanes of at least 4 members (excludes halogenated alkanes) is 1. The summed E-state index contributed by atoms with van der Waals surface area (Å²) in [5, 5.41) is 0. The van der Waals surface area contributed by atoms with Crippen LogP contribution in [0.4, 0.5) is 0 Å². The van der Waals surface area contributed by atoms with E-state index in [9.17, 15) is 0 Å². The van der Waals surface area contributed by atoms with Crippen molar-refractivity contribution in [3.63, 3.8) is 0 Å². The van der Waals surface area contributed by atoms with Gasteiger partial charge in [-0.1, -0.05) is 93.1 Å². The molecule has 1 heterocycles. The molecule has 1 aromatic heterocycles. The van der Waals surface area contributed by atoms with Gasteiger partial charge in [0.15, 0.2) is 0 Å². The Kier molecular flexibility index (Phi) is 9.62. The summed E-state index contributed by atoms with van der Waals surface area (Å²) in [6.45, 7) is 8.30. The molecule has 0 atom stereocenters. The van der Waals surface area contributed by atoms with Gasteiger partial charge in [-0.15, -0.1) is 11.8 Å². The Morgan fingerprint density at radius 1 is 0.800 bits per heavy atom. The average Bonchev–Trinajstić information content (AvgIpc) is 3.30. The van der Waals surface area contributed by atoms with Gasteiger partial charge < -0.3 is 4.57 Å². The molecule has 4 aromatic rings. The van der Waals surface area contributed by atoms with Crippen molar-refractivity contribution in [2.45, 2.75) is 57.6 Å². The molecular weight excluding hydrogens is 446 g/mol. The Hall–Kier alpha value is -2.82. The lowest BCUT2D eigenvalue weighted by atomic mass is 10.1. The minimum atomic E-state index is 0.891. The lowest BCUT2D eigenvalue weighted by Crippen LogP contribution is -2.26. The van der Waals surface area contributed by atoms with Gasteiger partial charge in [0.05, 0.1) is 11.9 Å². The van der Waals surface area contributed by atoms with Crippen LogP contribution >= 0.6 is 11.8 Å². The molecule has 4 rings (SSSR count). The van der Waals surface area contributed by atoms with Crippen LogP contribution in [0.2, 0.25) is 0 Å². The van der Waals surface area contributed by atoms with Crippen LogP contribution in [-0.4, -0.2) is 26.7 Å². The van der Waals surface area contributed by atoms with Crippen molar-refractivity contribution in [3.05, 3.63) is 108 Å². The number of aromatic nitrogens is 2. The number of benzene rings is 3. The third-order valence-electron chi connectivity index (χ3n) is 6.29. The van der Waals surface area contributed by atoms with Crippen LogP contribution in [0.5, 0.6) is 0 Å². The molecule has 0 bridgehead atoms. The first kappa shape index (κ1) is 25.3. The molecule has 0 fully saturated rings. The van der Waals surface area contributed by atoms with Crippen molar-refractivity contribution >= 4 is 11.8 Å². The van der Waals surface area contributed by atoms with Crippen molar-refractivity contribution in [2.24, 2.45) is 0 Å². The van der Waals surface area contributed by atoms with E-state index in [1.165, 1.54) is 33.7 Å². The van der Waals surface area contributed by atoms with Crippen molar-refractivity contribution < 1.29 is 0 Å². The molecule has 0 aliphatic heterocycles. The third kappa shape index (κ3) is 7.33. The Morgan fingerprint density at radius 3 is 2.20 bits per heavy atom. The Balaban J connectivity index is 1.57. The van der Waals surface area contributed by atoms with Crippen LogP contribution in [0.1, 0.15) is 43.5 Å². The normalized spacial score (nSPS) is 11.3. The highest BCUT2D eigenvalue weighted by atomic mass is 32.2. The number of nitrogens with zero attached hydrogens (tertiary/aromatic N) is 3. The second kappa shape index (κ2) is 13.3. The van der Waals surface area contributed by atoms with E-state index in [0.717, 1.165) is 50.6 Å². The maximum atomic E-state index is 4.88. The van der Waals surface area contributed by atoms with Gasteiger partial charge in [0.2, 0.25) is 0 Å². The lowest BCUT2D eigenvalue weighted by molar-refractivity contribution is 0.253. The van der Waals surface area contributed by atoms with E-state index in [1.807, 2.05) is 11.8 Å². The molecule has 4 heteroatoms. The van der Waals surface area contributed by atoms with Crippen LogP contribution in [0, 0.1) is 0 Å². The second-order valence-corrected chi connectivity index (χ2v) is 10.3. The van der Waals surface area contributed by atoms with Crippen molar-refractivity contribution in [1.29, 1.82) is 0 Å². The number of thioether (sulfide) groups is 1. The standard InChI is InChI=1S/C31H37N3S/c1-3-5-21-34-29(23-32-31(34)28-14-10-7-11-15-28)25-33(22-20-26-12-8-6-9-13-26)24-27-16-18-30(19-17-27)35-4-2/h6-19,23H,3-5,20-22,24-25H2,1-2H3. The van der Waals surface area contributed by atoms with Crippen LogP contribution in [0.15, 0.2) is 96.0 Å². The van der Waals surface area contributed by atoms with Gasteiger partial charge in [-0.25, -0.2) is 4.98 Å². The number of hydrogen-bond acceptors (Lipinski definition) is 3. The summed E-state index contributed by atoms with van der Waals surface area (Å²) in [4.78, 5) is 8.80. The predicted octanol–water partition coefficient (Wildman–Crippen LogP) is 7.71. The molecule has 3 nitrogen and oxygen atoms in total. The SMILES string of the molecule is CCCCn1c(CN(CCc2ccccc2)Cc2ccc(SCC)cc2)cnc1-c1ccccc1. The zero-order valence-electron chi connectivity index (χ0n) is 21.1. The van der Waals surface area contributed by atoms with Gasteiger partial charge in [-0.3, -0.25) is 4.90 Å². The number of rotatable bonds is 13. The molecule has 0 spiro atoms. The minimum absolute atomic E-state index is 0.891. The highest BCUT2D eigenvalue weighted by Gasteiger charge is 2.15. The van der Waals surface area contributed by atoms with Crippen LogP contribution in [0.3, 0.4) is 0 Å². The van der Waals surface area contributed by atoms with Crippen LogP contribution < -0.4 is 0 Å². The molecule has 0 amide bonds. The van der Waals surface area contributed by atoms with Gasteiger partial charge in [0.1, 0.15) is 5.82 Å². The third-order valence-corrected chi connectivity index (χ3v) is 7.19. The summed E-state index contributed by atoms with van der Waals surface area (Å²) in [5.41, 5.74) is 5.23. The molecular formula is C31H37N3S. The molecule has 0 aliphatic rings. The quantitative estimate of drug-likeness (QED) is 0.182. The Bertz CT molecular complexity index is 1140. The fourth-order valence-electron chi connectivity index (χ4n) is 4.41. The molecule has 0 radical (unpaired) electrons. The number of imidazole rings is 1. The van der Waals surface area contributed by atoms with E-state index in [4.69, 9.17) is 4.98 Å². The highest BCUT2D eigenvalue weighted by molar-refractivity contribution is 7.99. The first-order chi connectivity index (χ1) is 17.3. The highest BCUT2D eigenvalue weighted by Crippen LogP contribution is 2.23. The minimum Gasteiger partial charge on any atom is -0.327 e. The zero-order valence-corrected chi connectivity index (χ0v) is 21.9. The summed E-state index contributed by atoms with van der Waals surface area (Å²) in [5.74, 6) is 2.19. The monoisotopic (exact) mass is 483 g/mol. The lowest BCUT2D eigenvalue weighted by Gasteiger charge is -2.24. The molecule has 0 saturated heterocycles. The van der Waals surface area contributed by atoms with Crippen molar-refractivity contribution in [3.8, 4) is 11.4 Å². The Morgan fingerprint density at radius 2 is 1.51 bits per heavy atom. The van der Waals surface area contributed by atoms with E-state index in [-0.39, 0.29) is 0 Å². The fourth-order valence-corrected chi connectivity index (χ4v) is 5.07. The van der Waals surface area contributed by atoms with E-state index >= 15 is 0 Å². The van der Waals surface area contributed by atoms with Crippen molar-refractivity contribution in [2.75, 3.05) is 12.3 Å². The summed E-state index contributed by atoms with van der Waals surface area (Å²) < 4.78 is 2.44. The second-order valence-electron chi connectivity index (χ2n) is 8.97. The molecule has 182 valence electrons. The largest absolute Gasteiger partial charge is 0.327 e.